The number of nitro groups is 1. The van der Waals surface area contributed by atoms with E-state index in [1.807, 2.05) is 0 Å². The standard InChI is InChI=1S/C19H27N3O5/c1-12-6-5-7-15(13(12)2)20-18(23)11-27-19(24)14-8-9-16(21(3)4)17(10-14)22(25)26/h8-10,12-13,15H,5-7,11H2,1-4H3,(H,20,23)/t12-,13-,15+/m1/s1. The number of esters is 1. The predicted molar refractivity (Wildman–Crippen MR) is 102 cm³/mol. The minimum Gasteiger partial charge on any atom is -0.452 e. The first kappa shape index (κ1) is 20.7. The number of hydrogen-bond donors (Lipinski definition) is 1. The summed E-state index contributed by atoms with van der Waals surface area (Å²) in [6.07, 6.45) is 3.14. The average molecular weight is 377 g/mol. The highest BCUT2D eigenvalue weighted by molar-refractivity contribution is 5.93. The maximum atomic E-state index is 12.2. The highest BCUT2D eigenvalue weighted by atomic mass is 16.6. The van der Waals surface area contributed by atoms with E-state index >= 15 is 0 Å². The van der Waals surface area contributed by atoms with Crippen molar-refractivity contribution in [3.05, 3.63) is 33.9 Å². The number of benzene rings is 1. The van der Waals surface area contributed by atoms with Crippen molar-refractivity contribution < 1.29 is 19.2 Å². The van der Waals surface area contributed by atoms with Crippen molar-refractivity contribution >= 4 is 23.3 Å². The van der Waals surface area contributed by atoms with E-state index in [1.54, 1.807) is 19.0 Å². The van der Waals surface area contributed by atoms with Crippen LogP contribution in [0.1, 0.15) is 43.5 Å². The maximum absolute atomic E-state index is 12.2. The number of nitrogens with zero attached hydrogens (tertiary/aromatic N) is 2. The molecule has 3 atom stereocenters. The molecule has 0 spiro atoms. The minimum absolute atomic E-state index is 0.0414. The summed E-state index contributed by atoms with van der Waals surface area (Å²) in [5, 5.41) is 14.1. The maximum Gasteiger partial charge on any atom is 0.338 e. The molecular weight excluding hydrogens is 350 g/mol. The molecule has 0 aromatic heterocycles. The summed E-state index contributed by atoms with van der Waals surface area (Å²) in [5.74, 6) is -0.195. The molecule has 0 unspecified atom stereocenters. The lowest BCUT2D eigenvalue weighted by Crippen LogP contribution is -2.45. The smallest absolute Gasteiger partial charge is 0.338 e. The van der Waals surface area contributed by atoms with E-state index in [0.717, 1.165) is 19.3 Å². The zero-order valence-corrected chi connectivity index (χ0v) is 16.2. The molecule has 8 nitrogen and oxygen atoms in total. The second-order valence-corrected chi connectivity index (χ2v) is 7.37. The number of anilines is 1. The fourth-order valence-corrected chi connectivity index (χ4v) is 3.42. The Bertz CT molecular complexity index is 719. The van der Waals surface area contributed by atoms with E-state index in [-0.39, 0.29) is 23.2 Å². The predicted octanol–water partition coefficient (Wildman–Crippen LogP) is 2.76. The largest absolute Gasteiger partial charge is 0.452 e. The first-order chi connectivity index (χ1) is 12.7. The minimum atomic E-state index is -0.761. The van der Waals surface area contributed by atoms with Gasteiger partial charge < -0.3 is 15.0 Å². The Labute approximate surface area is 159 Å². The summed E-state index contributed by atoms with van der Waals surface area (Å²) in [4.78, 5) is 36.5. The van der Waals surface area contributed by atoms with Gasteiger partial charge in [0.25, 0.3) is 11.6 Å². The monoisotopic (exact) mass is 377 g/mol. The first-order valence-corrected chi connectivity index (χ1v) is 9.13. The zero-order chi connectivity index (χ0) is 20.1. The molecular formula is C19H27N3O5. The van der Waals surface area contributed by atoms with Crippen molar-refractivity contribution in [1.29, 1.82) is 0 Å². The molecule has 1 aromatic carbocycles. The molecule has 1 N–H and O–H groups in total. The van der Waals surface area contributed by atoms with Gasteiger partial charge in [0.15, 0.2) is 6.61 Å². The molecule has 1 saturated carbocycles. The molecule has 1 aliphatic carbocycles. The van der Waals surface area contributed by atoms with Crippen molar-refractivity contribution in [1.82, 2.24) is 5.32 Å². The molecule has 0 heterocycles. The van der Waals surface area contributed by atoms with Crippen LogP contribution in [0, 0.1) is 22.0 Å². The Kier molecular flexibility index (Phi) is 6.76. The summed E-state index contributed by atoms with van der Waals surface area (Å²) in [5.41, 5.74) is 0.235. The highest BCUT2D eigenvalue weighted by Gasteiger charge is 2.28. The number of nitro benzene ring substituents is 1. The van der Waals surface area contributed by atoms with Crippen molar-refractivity contribution in [2.45, 2.75) is 39.2 Å². The molecule has 1 fully saturated rings. The normalized spacial score (nSPS) is 22.0. The first-order valence-electron chi connectivity index (χ1n) is 9.13. The van der Waals surface area contributed by atoms with Gasteiger partial charge in [0.2, 0.25) is 0 Å². The van der Waals surface area contributed by atoms with E-state index in [2.05, 4.69) is 19.2 Å². The third-order valence-electron chi connectivity index (χ3n) is 5.28. The molecule has 0 radical (unpaired) electrons. The van der Waals surface area contributed by atoms with Gasteiger partial charge in [-0.1, -0.05) is 26.7 Å². The Hall–Kier alpha value is -2.64. The van der Waals surface area contributed by atoms with Crippen molar-refractivity contribution in [2.24, 2.45) is 11.8 Å². The van der Waals surface area contributed by atoms with Crippen LogP contribution in [0.4, 0.5) is 11.4 Å². The number of carbonyl (C=O) groups excluding carboxylic acids is 2. The molecule has 27 heavy (non-hydrogen) atoms. The van der Waals surface area contributed by atoms with Crippen molar-refractivity contribution in [2.75, 3.05) is 25.6 Å². The van der Waals surface area contributed by atoms with Gasteiger partial charge in [0.1, 0.15) is 5.69 Å². The van der Waals surface area contributed by atoms with Crippen LogP contribution in [0.15, 0.2) is 18.2 Å². The highest BCUT2D eigenvalue weighted by Crippen LogP contribution is 2.30. The van der Waals surface area contributed by atoms with Crippen LogP contribution in [-0.2, 0) is 9.53 Å². The number of rotatable bonds is 6. The second-order valence-electron chi connectivity index (χ2n) is 7.37. The quantitative estimate of drug-likeness (QED) is 0.465. The van der Waals surface area contributed by atoms with Crippen LogP contribution in [0.2, 0.25) is 0 Å². The molecule has 8 heteroatoms. The van der Waals surface area contributed by atoms with Gasteiger partial charge in [0.05, 0.1) is 10.5 Å². The molecule has 1 amide bonds. The lowest BCUT2D eigenvalue weighted by molar-refractivity contribution is -0.384. The number of amides is 1. The lowest BCUT2D eigenvalue weighted by atomic mass is 9.78. The van der Waals surface area contributed by atoms with E-state index in [9.17, 15) is 19.7 Å². The van der Waals surface area contributed by atoms with Crippen molar-refractivity contribution in [3.63, 3.8) is 0 Å². The zero-order valence-electron chi connectivity index (χ0n) is 16.2. The van der Waals surface area contributed by atoms with E-state index in [4.69, 9.17) is 4.74 Å². The summed E-state index contributed by atoms with van der Waals surface area (Å²) in [6, 6.07) is 4.19. The number of hydrogen-bond acceptors (Lipinski definition) is 6. The summed E-state index contributed by atoms with van der Waals surface area (Å²) < 4.78 is 5.04. The third-order valence-corrected chi connectivity index (χ3v) is 5.28. The van der Waals surface area contributed by atoms with Gasteiger partial charge in [-0.15, -0.1) is 0 Å². The van der Waals surface area contributed by atoms with Gasteiger partial charge in [-0.05, 0) is 30.4 Å². The Morgan fingerprint density at radius 3 is 2.63 bits per heavy atom. The van der Waals surface area contributed by atoms with Crippen LogP contribution >= 0.6 is 0 Å². The molecule has 148 valence electrons. The van der Waals surface area contributed by atoms with Gasteiger partial charge in [0, 0.05) is 26.2 Å². The Morgan fingerprint density at radius 1 is 1.30 bits per heavy atom. The van der Waals surface area contributed by atoms with Gasteiger partial charge in [-0.25, -0.2) is 4.79 Å². The van der Waals surface area contributed by atoms with Crippen LogP contribution < -0.4 is 10.2 Å². The van der Waals surface area contributed by atoms with Crippen molar-refractivity contribution in [3.8, 4) is 0 Å². The van der Waals surface area contributed by atoms with E-state index in [1.165, 1.54) is 18.2 Å². The van der Waals surface area contributed by atoms with Crippen LogP contribution in [-0.4, -0.2) is 43.5 Å². The van der Waals surface area contributed by atoms with Gasteiger partial charge >= 0.3 is 5.97 Å². The summed E-state index contributed by atoms with van der Waals surface area (Å²) >= 11 is 0. The molecule has 1 aromatic rings. The fraction of sp³-hybridized carbons (Fsp3) is 0.579. The van der Waals surface area contributed by atoms with Crippen LogP contribution in [0.25, 0.3) is 0 Å². The average Bonchev–Trinajstić information content (AvgIpc) is 2.62. The van der Waals surface area contributed by atoms with Crippen LogP contribution in [0.5, 0.6) is 0 Å². The Morgan fingerprint density at radius 2 is 2.00 bits per heavy atom. The fourth-order valence-electron chi connectivity index (χ4n) is 3.42. The second kappa shape index (κ2) is 8.83. The molecule has 1 aliphatic rings. The van der Waals surface area contributed by atoms with E-state index in [0.29, 0.717) is 17.5 Å². The van der Waals surface area contributed by atoms with Crippen LogP contribution in [0.3, 0.4) is 0 Å². The summed E-state index contributed by atoms with van der Waals surface area (Å²) in [7, 11) is 3.36. The molecule has 0 saturated heterocycles. The van der Waals surface area contributed by atoms with Gasteiger partial charge in [-0.3, -0.25) is 14.9 Å². The molecule has 0 bridgehead atoms. The number of ether oxygens (including phenoxy) is 1. The molecule has 0 aliphatic heterocycles. The SMILES string of the molecule is C[C@@H]1[C@H](C)CCC[C@@H]1NC(=O)COC(=O)c1ccc(N(C)C)c([N+](=O)[O-])c1. The third kappa shape index (κ3) is 5.18. The number of nitrogens with one attached hydrogen (secondary N) is 1. The summed E-state index contributed by atoms with van der Waals surface area (Å²) in [6.45, 7) is 3.89. The Balaban J connectivity index is 1.96. The topological polar surface area (TPSA) is 102 Å². The number of carbonyl (C=O) groups is 2. The van der Waals surface area contributed by atoms with Gasteiger partial charge in [-0.2, -0.15) is 0 Å². The van der Waals surface area contributed by atoms with E-state index < -0.39 is 17.5 Å². The lowest BCUT2D eigenvalue weighted by Gasteiger charge is -2.34. The molecule has 2 rings (SSSR count).